The molecule has 1 amide bonds. The van der Waals surface area contributed by atoms with E-state index in [1.165, 1.54) is 0 Å². The van der Waals surface area contributed by atoms with Crippen molar-refractivity contribution >= 4 is 11.9 Å². The van der Waals surface area contributed by atoms with Gasteiger partial charge in [0.25, 0.3) is 0 Å². The van der Waals surface area contributed by atoms with Gasteiger partial charge in [0, 0.05) is 0 Å². The summed E-state index contributed by atoms with van der Waals surface area (Å²) in [7, 11) is 0. The summed E-state index contributed by atoms with van der Waals surface area (Å²) in [4.78, 5) is 23.1. The number of ether oxygens (including phenoxy) is 1. The molecule has 6 heteroatoms. The third-order valence-electron chi connectivity index (χ3n) is 2.23. The van der Waals surface area contributed by atoms with E-state index in [4.69, 9.17) is 21.9 Å². The van der Waals surface area contributed by atoms with Gasteiger partial charge in [0.2, 0.25) is 5.91 Å². The molecule has 6 N–H and O–H groups in total. The Morgan fingerprint density at radius 1 is 1.18 bits per heavy atom. The van der Waals surface area contributed by atoms with Crippen LogP contribution in [0.25, 0.3) is 0 Å². The van der Waals surface area contributed by atoms with Crippen LogP contribution in [-0.2, 0) is 14.3 Å². The Labute approximate surface area is 102 Å². The van der Waals surface area contributed by atoms with E-state index in [0.717, 1.165) is 0 Å². The zero-order valence-corrected chi connectivity index (χ0v) is 10.8. The number of unbranched alkanes of at least 4 members (excludes halogenated alkanes) is 1. The van der Waals surface area contributed by atoms with E-state index < -0.39 is 23.0 Å². The number of hydrogen-bond acceptors (Lipinski definition) is 5. The van der Waals surface area contributed by atoms with Gasteiger partial charge in [-0.1, -0.05) is 0 Å². The molecule has 0 spiro atoms. The van der Waals surface area contributed by atoms with Gasteiger partial charge in [-0.3, -0.25) is 4.79 Å². The molecule has 0 aliphatic carbocycles. The van der Waals surface area contributed by atoms with Crippen LogP contribution in [0, 0.1) is 0 Å². The van der Waals surface area contributed by atoms with Crippen molar-refractivity contribution in [1.82, 2.24) is 0 Å². The molecule has 0 heterocycles. The van der Waals surface area contributed by atoms with E-state index in [-0.39, 0.29) is 6.42 Å². The zero-order chi connectivity index (χ0) is 13.7. The molecular weight excluding hydrogens is 222 g/mol. The summed E-state index contributed by atoms with van der Waals surface area (Å²) in [6.45, 7) is 5.58. The van der Waals surface area contributed by atoms with Crippen molar-refractivity contribution in [2.45, 2.75) is 51.2 Å². The normalized spacial score (nSPS) is 15.1. The summed E-state index contributed by atoms with van der Waals surface area (Å²) < 4.78 is 5.10. The molecule has 0 aromatic heterocycles. The Bertz CT molecular complexity index is 286. The largest absolute Gasteiger partial charge is 0.458 e. The monoisotopic (exact) mass is 245 g/mol. The topological polar surface area (TPSA) is 121 Å². The second-order valence-electron chi connectivity index (χ2n) is 5.08. The van der Waals surface area contributed by atoms with Gasteiger partial charge in [-0.05, 0) is 46.6 Å². The van der Waals surface area contributed by atoms with Gasteiger partial charge in [0.1, 0.15) is 5.60 Å². The highest BCUT2D eigenvalue weighted by Crippen LogP contribution is 2.17. The van der Waals surface area contributed by atoms with Gasteiger partial charge in [-0.25, -0.2) is 4.79 Å². The second-order valence-corrected chi connectivity index (χ2v) is 5.08. The molecule has 0 unspecified atom stereocenters. The minimum Gasteiger partial charge on any atom is -0.458 e. The van der Waals surface area contributed by atoms with Gasteiger partial charge < -0.3 is 21.9 Å². The average molecular weight is 245 g/mol. The molecule has 6 nitrogen and oxygen atoms in total. The molecule has 1 atom stereocenters. The molecule has 0 fully saturated rings. The van der Waals surface area contributed by atoms with E-state index in [2.05, 4.69) is 0 Å². The highest BCUT2D eigenvalue weighted by atomic mass is 16.6. The Kier molecular flexibility index (Phi) is 5.57. The SMILES string of the molecule is CC(C)(C)OC(=O)[C@](N)(CCCCN)C(N)=O. The van der Waals surface area contributed by atoms with E-state index in [1.54, 1.807) is 20.8 Å². The molecule has 0 saturated carbocycles. The lowest BCUT2D eigenvalue weighted by atomic mass is 9.92. The quantitative estimate of drug-likeness (QED) is 0.335. The lowest BCUT2D eigenvalue weighted by Gasteiger charge is -2.28. The number of carbonyl (C=O) groups is 2. The average Bonchev–Trinajstić information content (AvgIpc) is 2.14. The molecule has 100 valence electrons. The van der Waals surface area contributed by atoms with Crippen LogP contribution in [0.3, 0.4) is 0 Å². The summed E-state index contributed by atoms with van der Waals surface area (Å²) in [5.74, 6) is -1.65. The van der Waals surface area contributed by atoms with E-state index in [1.807, 2.05) is 0 Å². The number of carbonyl (C=O) groups excluding carboxylic acids is 2. The summed E-state index contributed by atoms with van der Waals surface area (Å²) in [5, 5.41) is 0. The van der Waals surface area contributed by atoms with Crippen molar-refractivity contribution in [1.29, 1.82) is 0 Å². The summed E-state index contributed by atoms with van der Waals surface area (Å²) >= 11 is 0. The van der Waals surface area contributed by atoms with Crippen LogP contribution < -0.4 is 17.2 Å². The number of esters is 1. The first-order valence-corrected chi connectivity index (χ1v) is 5.66. The first-order chi connectivity index (χ1) is 7.63. The molecule has 0 radical (unpaired) electrons. The van der Waals surface area contributed by atoms with Crippen molar-refractivity contribution in [3.05, 3.63) is 0 Å². The van der Waals surface area contributed by atoms with Crippen LogP contribution in [0.5, 0.6) is 0 Å². The fraction of sp³-hybridized carbons (Fsp3) is 0.818. The highest BCUT2D eigenvalue weighted by molar-refractivity contribution is 6.06. The minimum atomic E-state index is -1.76. The van der Waals surface area contributed by atoms with Crippen LogP contribution in [0.4, 0.5) is 0 Å². The second kappa shape index (κ2) is 5.97. The molecule has 0 aromatic rings. The van der Waals surface area contributed by atoms with Crippen LogP contribution >= 0.6 is 0 Å². The summed E-state index contributed by atoms with van der Waals surface area (Å²) in [5.41, 5.74) is 13.8. The van der Waals surface area contributed by atoms with Crippen LogP contribution in [0.1, 0.15) is 40.0 Å². The lowest BCUT2D eigenvalue weighted by Crippen LogP contribution is -2.60. The number of hydrogen-bond donors (Lipinski definition) is 3. The third kappa shape index (κ3) is 5.14. The number of primary amides is 1. The van der Waals surface area contributed by atoms with Crippen molar-refractivity contribution in [3.63, 3.8) is 0 Å². The maximum Gasteiger partial charge on any atom is 0.336 e. The first-order valence-electron chi connectivity index (χ1n) is 5.66. The number of rotatable bonds is 6. The van der Waals surface area contributed by atoms with E-state index >= 15 is 0 Å². The van der Waals surface area contributed by atoms with Gasteiger partial charge in [0.15, 0.2) is 5.54 Å². The molecule has 0 aliphatic rings. The molecule has 0 bridgehead atoms. The molecule has 17 heavy (non-hydrogen) atoms. The number of nitrogens with two attached hydrogens (primary N) is 3. The predicted octanol–water partition coefficient (Wildman–Crippen LogP) is -0.360. The van der Waals surface area contributed by atoms with Gasteiger partial charge in [-0.15, -0.1) is 0 Å². The van der Waals surface area contributed by atoms with E-state index in [9.17, 15) is 9.59 Å². The maximum absolute atomic E-state index is 11.8. The fourth-order valence-corrected chi connectivity index (χ4v) is 1.24. The number of amides is 1. The standard InChI is InChI=1S/C11H23N3O3/c1-10(2,3)17-9(16)11(14,8(13)15)6-4-5-7-12/h4-7,12,14H2,1-3H3,(H2,13,15)/t11-/m0/s1. The maximum atomic E-state index is 11.8. The van der Waals surface area contributed by atoms with Crippen molar-refractivity contribution in [2.75, 3.05) is 6.54 Å². The Morgan fingerprint density at radius 3 is 2.06 bits per heavy atom. The highest BCUT2D eigenvalue weighted by Gasteiger charge is 2.43. The first kappa shape index (κ1) is 15.9. The summed E-state index contributed by atoms with van der Waals surface area (Å²) in [6, 6.07) is 0. The lowest BCUT2D eigenvalue weighted by molar-refractivity contribution is -0.164. The van der Waals surface area contributed by atoms with Crippen LogP contribution in [0.15, 0.2) is 0 Å². The van der Waals surface area contributed by atoms with Crippen molar-refractivity contribution in [2.24, 2.45) is 17.2 Å². The molecular formula is C11H23N3O3. The van der Waals surface area contributed by atoms with Crippen molar-refractivity contribution < 1.29 is 14.3 Å². The van der Waals surface area contributed by atoms with Gasteiger partial charge in [0.05, 0.1) is 0 Å². The molecule has 0 rings (SSSR count). The molecule has 0 aliphatic heterocycles. The Morgan fingerprint density at radius 2 is 1.71 bits per heavy atom. The summed E-state index contributed by atoms with van der Waals surface area (Å²) in [6.07, 6.45) is 1.37. The minimum absolute atomic E-state index is 0.147. The molecule has 0 aromatic carbocycles. The zero-order valence-electron chi connectivity index (χ0n) is 10.8. The predicted molar refractivity (Wildman–Crippen MR) is 64.9 cm³/mol. The van der Waals surface area contributed by atoms with Crippen LogP contribution in [0.2, 0.25) is 0 Å². The fourth-order valence-electron chi connectivity index (χ4n) is 1.24. The molecule has 0 saturated heterocycles. The van der Waals surface area contributed by atoms with Gasteiger partial charge >= 0.3 is 5.97 Å². The Balaban J connectivity index is 4.70. The van der Waals surface area contributed by atoms with E-state index in [0.29, 0.717) is 19.4 Å². The smallest absolute Gasteiger partial charge is 0.336 e. The third-order valence-corrected chi connectivity index (χ3v) is 2.23. The Hall–Kier alpha value is -1.14. The van der Waals surface area contributed by atoms with Crippen LogP contribution in [-0.4, -0.2) is 29.6 Å². The van der Waals surface area contributed by atoms with Gasteiger partial charge in [-0.2, -0.15) is 0 Å². The van der Waals surface area contributed by atoms with Crippen molar-refractivity contribution in [3.8, 4) is 0 Å².